The number of hydrogen-bond acceptors (Lipinski definition) is 6. The Kier molecular flexibility index (Phi) is 10.6. The van der Waals surface area contributed by atoms with Crippen molar-refractivity contribution in [3.05, 3.63) is 52.4 Å². The fourth-order valence-electron chi connectivity index (χ4n) is 3.03. The number of carbonyl (C=O) groups is 3. The number of hydrogen-bond donors (Lipinski definition) is 1. The van der Waals surface area contributed by atoms with Crippen LogP contribution in [0.25, 0.3) is 0 Å². The summed E-state index contributed by atoms with van der Waals surface area (Å²) in [5, 5.41) is 14.8. The third kappa shape index (κ3) is 8.25. The van der Waals surface area contributed by atoms with E-state index < -0.39 is 0 Å². The van der Waals surface area contributed by atoms with E-state index in [0.29, 0.717) is 18.0 Å². The highest BCUT2D eigenvalue weighted by molar-refractivity contribution is 5.96. The van der Waals surface area contributed by atoms with Gasteiger partial charge < -0.3 is 0 Å². The molecule has 180 valence electrons. The molecule has 0 amide bonds. The Labute approximate surface area is 195 Å². The monoisotopic (exact) mass is 456 g/mol. The molecule has 9 nitrogen and oxygen atoms in total. The number of H-pyrrole nitrogens is 1. The molecule has 3 aromatic heterocycles. The van der Waals surface area contributed by atoms with Crippen molar-refractivity contribution in [3.8, 4) is 0 Å². The van der Waals surface area contributed by atoms with Crippen molar-refractivity contribution in [1.82, 2.24) is 29.8 Å². The van der Waals surface area contributed by atoms with Gasteiger partial charge in [0.15, 0.2) is 17.3 Å². The molecule has 0 radical (unpaired) electrons. The average Bonchev–Trinajstić information content (AvgIpc) is 3.41. The van der Waals surface area contributed by atoms with Crippen molar-refractivity contribution in [1.29, 1.82) is 0 Å². The van der Waals surface area contributed by atoms with Gasteiger partial charge >= 0.3 is 0 Å². The lowest BCUT2D eigenvalue weighted by molar-refractivity contribution is 0.0978. The molecular formula is C24H36N6O3. The van der Waals surface area contributed by atoms with Gasteiger partial charge in [0, 0.05) is 37.6 Å². The Morgan fingerprint density at radius 3 is 1.79 bits per heavy atom. The molecule has 9 heteroatoms. The third-order valence-electron chi connectivity index (χ3n) is 4.83. The van der Waals surface area contributed by atoms with Crippen molar-refractivity contribution in [2.24, 2.45) is 7.05 Å². The van der Waals surface area contributed by atoms with Crippen LogP contribution in [-0.4, -0.2) is 47.1 Å². The molecule has 3 rings (SSSR count). The summed E-state index contributed by atoms with van der Waals surface area (Å²) in [6.07, 6.45) is 6.64. The Hall–Kier alpha value is -3.36. The van der Waals surface area contributed by atoms with E-state index in [4.69, 9.17) is 0 Å². The average molecular weight is 457 g/mol. The fraction of sp³-hybridized carbons (Fsp3) is 0.500. The van der Waals surface area contributed by atoms with E-state index in [2.05, 4.69) is 20.4 Å². The summed E-state index contributed by atoms with van der Waals surface area (Å²) in [7, 11) is 1.80. The topological polar surface area (TPSA) is 116 Å². The molecule has 0 saturated carbocycles. The summed E-state index contributed by atoms with van der Waals surface area (Å²) in [6, 6.07) is 0.316. The second-order valence-corrected chi connectivity index (χ2v) is 8.20. The van der Waals surface area contributed by atoms with Gasteiger partial charge in [-0.05, 0) is 54.9 Å². The Morgan fingerprint density at radius 1 is 0.939 bits per heavy atom. The first kappa shape index (κ1) is 27.7. The normalized spacial score (nSPS) is 10.2. The van der Waals surface area contributed by atoms with Crippen LogP contribution in [0, 0.1) is 20.8 Å². The molecule has 0 unspecified atom stereocenters. The van der Waals surface area contributed by atoms with Crippen molar-refractivity contribution in [3.63, 3.8) is 0 Å². The van der Waals surface area contributed by atoms with Gasteiger partial charge in [-0.1, -0.05) is 6.92 Å². The standard InChI is InChI=1S/C9H14N2O.C8H12N2O.C7H10N2O/c1-6(2)11-5-9(8(4)12)7(3)10-11;1-3-4-8(11)7-5-9-10-6(7)2;1-5-7(6(2)10)4-9(3)8-5/h5-6H,1-4H3;5H,3-4H2,1-2H3,(H,9,10);4H,1-3H3. The van der Waals surface area contributed by atoms with E-state index in [0.717, 1.165) is 34.6 Å². The predicted octanol–water partition coefficient (Wildman–Crippen LogP) is 4.61. The number of rotatable bonds is 6. The highest BCUT2D eigenvalue weighted by atomic mass is 16.1. The van der Waals surface area contributed by atoms with Gasteiger partial charge in [-0.15, -0.1) is 0 Å². The third-order valence-corrected chi connectivity index (χ3v) is 4.83. The van der Waals surface area contributed by atoms with Crippen LogP contribution in [0.2, 0.25) is 0 Å². The molecule has 0 aliphatic rings. The zero-order chi connectivity index (χ0) is 25.3. The SMILES string of the molecule is CC(=O)c1cn(C(C)C)nc1C.CC(=O)c1cn(C)nc1C.CCCC(=O)c1cn[nH]c1C. The molecule has 0 saturated heterocycles. The molecule has 1 N–H and O–H groups in total. The molecular weight excluding hydrogens is 420 g/mol. The Bertz CT molecular complexity index is 1090. The van der Waals surface area contributed by atoms with Crippen LogP contribution in [0.1, 0.15) is 102 Å². The summed E-state index contributed by atoms with van der Waals surface area (Å²) in [5.41, 5.74) is 4.65. The quantitative estimate of drug-likeness (QED) is 0.542. The first-order chi connectivity index (χ1) is 15.4. The smallest absolute Gasteiger partial charge is 0.166 e. The maximum atomic E-state index is 11.3. The van der Waals surface area contributed by atoms with Crippen molar-refractivity contribution < 1.29 is 14.4 Å². The maximum absolute atomic E-state index is 11.3. The van der Waals surface area contributed by atoms with E-state index in [1.54, 1.807) is 38.0 Å². The zero-order valence-corrected chi connectivity index (χ0v) is 21.2. The Balaban J connectivity index is 0.000000249. The second kappa shape index (κ2) is 12.6. The van der Waals surface area contributed by atoms with Gasteiger partial charge in [-0.3, -0.25) is 28.8 Å². The van der Waals surface area contributed by atoms with E-state index in [1.807, 2.05) is 52.4 Å². The van der Waals surface area contributed by atoms with Crippen LogP contribution in [0.3, 0.4) is 0 Å². The molecule has 0 fully saturated rings. The van der Waals surface area contributed by atoms with Crippen LogP contribution in [-0.2, 0) is 7.05 Å². The number of aromatic amines is 1. The molecule has 0 bridgehead atoms. The van der Waals surface area contributed by atoms with Gasteiger partial charge in [-0.2, -0.15) is 15.3 Å². The number of aryl methyl sites for hydroxylation is 4. The number of ketones is 3. The van der Waals surface area contributed by atoms with Gasteiger partial charge in [-0.25, -0.2) is 0 Å². The van der Waals surface area contributed by atoms with Gasteiger partial charge in [0.2, 0.25) is 0 Å². The molecule has 0 aromatic carbocycles. The Morgan fingerprint density at radius 2 is 1.48 bits per heavy atom. The highest BCUT2D eigenvalue weighted by Gasteiger charge is 2.10. The summed E-state index contributed by atoms with van der Waals surface area (Å²) in [5.74, 6) is 0.337. The van der Waals surface area contributed by atoms with Crippen molar-refractivity contribution in [2.75, 3.05) is 0 Å². The van der Waals surface area contributed by atoms with Crippen LogP contribution < -0.4 is 0 Å². The van der Waals surface area contributed by atoms with Gasteiger partial charge in [0.1, 0.15) is 0 Å². The second-order valence-electron chi connectivity index (χ2n) is 8.20. The fourth-order valence-corrected chi connectivity index (χ4v) is 3.03. The number of aromatic nitrogens is 6. The summed E-state index contributed by atoms with van der Waals surface area (Å²) >= 11 is 0. The molecule has 0 aliphatic heterocycles. The molecule has 33 heavy (non-hydrogen) atoms. The van der Waals surface area contributed by atoms with E-state index in [1.165, 1.54) is 0 Å². The summed E-state index contributed by atoms with van der Waals surface area (Å²) < 4.78 is 3.46. The predicted molar refractivity (Wildman–Crippen MR) is 128 cm³/mol. The number of nitrogens with zero attached hydrogens (tertiary/aromatic N) is 5. The summed E-state index contributed by atoms with van der Waals surface area (Å²) in [6.45, 7) is 14.7. The minimum atomic E-state index is 0.0746. The minimum absolute atomic E-state index is 0.0746. The lowest BCUT2D eigenvalue weighted by Crippen LogP contribution is -2.00. The molecule has 3 heterocycles. The van der Waals surface area contributed by atoms with Crippen LogP contribution in [0.15, 0.2) is 18.6 Å². The molecule has 0 aliphatic carbocycles. The van der Waals surface area contributed by atoms with Crippen LogP contribution in [0.5, 0.6) is 0 Å². The van der Waals surface area contributed by atoms with Gasteiger partial charge in [0.25, 0.3) is 0 Å². The lowest BCUT2D eigenvalue weighted by Gasteiger charge is -2.02. The minimum Gasteiger partial charge on any atom is -0.294 e. The van der Waals surface area contributed by atoms with Crippen molar-refractivity contribution >= 4 is 17.3 Å². The zero-order valence-electron chi connectivity index (χ0n) is 21.2. The lowest BCUT2D eigenvalue weighted by atomic mass is 10.1. The van der Waals surface area contributed by atoms with Crippen LogP contribution >= 0.6 is 0 Å². The highest BCUT2D eigenvalue weighted by Crippen LogP contribution is 2.10. The van der Waals surface area contributed by atoms with E-state index in [9.17, 15) is 14.4 Å². The first-order valence-corrected chi connectivity index (χ1v) is 11.0. The van der Waals surface area contributed by atoms with Crippen molar-refractivity contribution in [2.45, 2.75) is 74.3 Å². The largest absolute Gasteiger partial charge is 0.294 e. The van der Waals surface area contributed by atoms with E-state index in [-0.39, 0.29) is 17.3 Å². The molecule has 0 spiro atoms. The molecule has 0 atom stereocenters. The van der Waals surface area contributed by atoms with Gasteiger partial charge in [0.05, 0.1) is 34.3 Å². The number of carbonyl (C=O) groups excluding carboxylic acids is 3. The van der Waals surface area contributed by atoms with Crippen LogP contribution in [0.4, 0.5) is 0 Å². The number of nitrogens with one attached hydrogen (secondary N) is 1. The molecule has 3 aromatic rings. The maximum Gasteiger partial charge on any atom is 0.166 e. The summed E-state index contributed by atoms with van der Waals surface area (Å²) in [4.78, 5) is 33.1. The van der Waals surface area contributed by atoms with E-state index >= 15 is 0 Å². The number of Topliss-reactive ketones (excluding diaryl/α,β-unsaturated/α-hetero) is 3. The first-order valence-electron chi connectivity index (χ1n) is 11.0.